The zero-order chi connectivity index (χ0) is 24.8. The molecule has 3 aromatic rings. The molecule has 180 valence electrons. The van der Waals surface area contributed by atoms with Crippen LogP contribution in [0.4, 0.5) is 15.8 Å². The number of nitrogens with zero attached hydrogens (tertiary/aromatic N) is 2. The van der Waals surface area contributed by atoms with Gasteiger partial charge in [-0.25, -0.2) is 9.38 Å². The van der Waals surface area contributed by atoms with Crippen molar-refractivity contribution in [2.45, 2.75) is 18.1 Å². The molecule has 1 fully saturated rings. The second-order valence-electron chi connectivity index (χ2n) is 7.82. The largest absolute Gasteiger partial charge is 0.497 e. The van der Waals surface area contributed by atoms with Crippen molar-refractivity contribution in [3.63, 3.8) is 0 Å². The first-order valence-corrected chi connectivity index (χ1v) is 12.2. The lowest BCUT2D eigenvalue weighted by Crippen LogP contribution is -2.46. The predicted octanol–water partition coefficient (Wildman–Crippen LogP) is 5.69. The van der Waals surface area contributed by atoms with Crippen LogP contribution in [0, 0.1) is 5.82 Å². The Bertz CT molecular complexity index is 1220. The molecule has 0 aromatic heterocycles. The summed E-state index contributed by atoms with van der Waals surface area (Å²) in [6.07, 6.45) is 0.560. The van der Waals surface area contributed by atoms with Crippen molar-refractivity contribution in [3.05, 3.63) is 89.2 Å². The Morgan fingerprint density at radius 2 is 1.80 bits per heavy atom. The first-order valence-electron chi connectivity index (χ1n) is 10.9. The van der Waals surface area contributed by atoms with Gasteiger partial charge in [-0.1, -0.05) is 35.5 Å². The van der Waals surface area contributed by atoms with E-state index in [1.165, 1.54) is 23.9 Å². The minimum absolute atomic E-state index is 0.0374. The quantitative estimate of drug-likeness (QED) is 0.442. The number of aliphatic imine (C=N–C) groups is 1. The number of ether oxygens (including phenoxy) is 1. The number of halogens is 2. The number of amidine groups is 1. The van der Waals surface area contributed by atoms with E-state index < -0.39 is 5.25 Å². The Balaban J connectivity index is 1.53. The summed E-state index contributed by atoms with van der Waals surface area (Å²) in [5, 5.41) is 3.22. The number of hydrogen-bond acceptors (Lipinski definition) is 5. The summed E-state index contributed by atoms with van der Waals surface area (Å²) in [4.78, 5) is 32.3. The van der Waals surface area contributed by atoms with Gasteiger partial charge in [-0.15, -0.1) is 0 Å². The molecule has 0 spiro atoms. The minimum Gasteiger partial charge on any atom is -0.497 e. The SMILES string of the molecule is COc1ccc(NC(=O)[C@@H]2CC(=O)N(CCc3ccc(F)cc3)C(=Nc3ccc(Cl)cc3)S2)cc1. The number of carbonyl (C=O) groups excluding carboxylic acids is 2. The Kier molecular flexibility index (Phi) is 8.05. The summed E-state index contributed by atoms with van der Waals surface area (Å²) in [6.45, 7) is 0.358. The Labute approximate surface area is 212 Å². The van der Waals surface area contributed by atoms with Gasteiger partial charge in [0.15, 0.2) is 5.17 Å². The van der Waals surface area contributed by atoms with Crippen molar-refractivity contribution in [3.8, 4) is 5.75 Å². The molecule has 0 saturated carbocycles. The van der Waals surface area contributed by atoms with Crippen LogP contribution in [-0.4, -0.2) is 40.8 Å². The van der Waals surface area contributed by atoms with Crippen LogP contribution in [-0.2, 0) is 16.0 Å². The van der Waals surface area contributed by atoms with Crippen LogP contribution in [0.1, 0.15) is 12.0 Å². The topological polar surface area (TPSA) is 71.0 Å². The number of anilines is 1. The summed E-state index contributed by atoms with van der Waals surface area (Å²) < 4.78 is 18.4. The van der Waals surface area contributed by atoms with Crippen molar-refractivity contribution in [2.24, 2.45) is 4.99 Å². The van der Waals surface area contributed by atoms with Crippen LogP contribution >= 0.6 is 23.4 Å². The summed E-state index contributed by atoms with van der Waals surface area (Å²) in [5.74, 6) is -0.113. The van der Waals surface area contributed by atoms with Gasteiger partial charge in [-0.3, -0.25) is 14.5 Å². The third-order valence-electron chi connectivity index (χ3n) is 5.38. The molecule has 1 aliphatic heterocycles. The van der Waals surface area contributed by atoms with Gasteiger partial charge < -0.3 is 10.1 Å². The second-order valence-corrected chi connectivity index (χ2v) is 9.43. The molecule has 1 saturated heterocycles. The Morgan fingerprint density at radius 1 is 1.11 bits per heavy atom. The summed E-state index contributed by atoms with van der Waals surface area (Å²) in [6, 6.07) is 20.1. The van der Waals surface area contributed by atoms with E-state index in [0.29, 0.717) is 40.3 Å². The van der Waals surface area contributed by atoms with Crippen molar-refractivity contribution in [1.82, 2.24) is 4.90 Å². The number of rotatable bonds is 7. The molecular formula is C26H23ClFN3O3S. The molecule has 0 bridgehead atoms. The molecule has 1 N–H and O–H groups in total. The maximum absolute atomic E-state index is 13.2. The number of thioether (sulfide) groups is 1. The third kappa shape index (κ3) is 6.61. The summed E-state index contributed by atoms with van der Waals surface area (Å²) in [7, 11) is 1.57. The number of benzene rings is 3. The smallest absolute Gasteiger partial charge is 0.238 e. The fraction of sp³-hybridized carbons (Fsp3) is 0.192. The van der Waals surface area contributed by atoms with E-state index in [1.54, 1.807) is 72.7 Å². The van der Waals surface area contributed by atoms with Crippen LogP contribution in [0.5, 0.6) is 5.75 Å². The first kappa shape index (κ1) is 24.8. The minimum atomic E-state index is -0.641. The highest BCUT2D eigenvalue weighted by Gasteiger charge is 2.35. The zero-order valence-electron chi connectivity index (χ0n) is 18.9. The monoisotopic (exact) mass is 511 g/mol. The molecule has 0 aliphatic carbocycles. The van der Waals surface area contributed by atoms with E-state index in [9.17, 15) is 14.0 Å². The standard InChI is InChI=1S/C26H23ClFN3O3S/c1-34-22-12-10-20(11-13-22)29-25(33)23-16-24(32)31(15-14-17-2-6-19(28)7-3-17)26(35-23)30-21-8-4-18(27)5-9-21/h2-13,23H,14-16H2,1H3,(H,29,33)/t23-/m0/s1. The Morgan fingerprint density at radius 3 is 2.46 bits per heavy atom. The van der Waals surface area contributed by atoms with Gasteiger partial charge in [0.25, 0.3) is 0 Å². The molecule has 2 amide bonds. The molecule has 0 radical (unpaired) electrons. The van der Waals surface area contributed by atoms with E-state index >= 15 is 0 Å². The highest BCUT2D eigenvalue weighted by atomic mass is 35.5. The average molecular weight is 512 g/mol. The van der Waals surface area contributed by atoms with E-state index in [-0.39, 0.29) is 24.1 Å². The molecule has 1 atom stereocenters. The molecule has 0 unspecified atom stereocenters. The Hall–Kier alpha value is -3.36. The highest BCUT2D eigenvalue weighted by Crippen LogP contribution is 2.30. The number of hydrogen-bond donors (Lipinski definition) is 1. The molecule has 4 rings (SSSR count). The van der Waals surface area contributed by atoms with Crippen molar-refractivity contribution >= 4 is 51.7 Å². The van der Waals surface area contributed by atoms with Crippen molar-refractivity contribution in [2.75, 3.05) is 19.0 Å². The van der Waals surface area contributed by atoms with Crippen LogP contribution in [0.25, 0.3) is 0 Å². The molecule has 1 aliphatic rings. The summed E-state index contributed by atoms with van der Waals surface area (Å²) >= 11 is 7.23. The van der Waals surface area contributed by atoms with Crippen LogP contribution < -0.4 is 10.1 Å². The molecule has 6 nitrogen and oxygen atoms in total. The van der Waals surface area contributed by atoms with E-state index in [0.717, 1.165) is 5.56 Å². The molecule has 1 heterocycles. The zero-order valence-corrected chi connectivity index (χ0v) is 20.5. The second kappa shape index (κ2) is 11.4. The van der Waals surface area contributed by atoms with E-state index in [1.807, 2.05) is 0 Å². The van der Waals surface area contributed by atoms with Gasteiger partial charge in [-0.2, -0.15) is 0 Å². The average Bonchev–Trinajstić information content (AvgIpc) is 2.86. The van der Waals surface area contributed by atoms with E-state index in [4.69, 9.17) is 16.3 Å². The molecule has 35 heavy (non-hydrogen) atoms. The van der Waals surface area contributed by atoms with E-state index in [2.05, 4.69) is 10.3 Å². The van der Waals surface area contributed by atoms with Crippen LogP contribution in [0.2, 0.25) is 5.02 Å². The van der Waals surface area contributed by atoms with Crippen LogP contribution in [0.15, 0.2) is 77.8 Å². The number of amides is 2. The lowest BCUT2D eigenvalue weighted by molar-refractivity contribution is -0.129. The van der Waals surface area contributed by atoms with Gasteiger partial charge in [-0.05, 0) is 72.6 Å². The fourth-order valence-electron chi connectivity index (χ4n) is 3.48. The first-order chi connectivity index (χ1) is 16.9. The number of carbonyl (C=O) groups is 2. The number of nitrogens with one attached hydrogen (secondary N) is 1. The molecular weight excluding hydrogens is 489 g/mol. The van der Waals surface area contributed by atoms with Gasteiger partial charge in [0, 0.05) is 23.7 Å². The van der Waals surface area contributed by atoms with Crippen molar-refractivity contribution in [1.29, 1.82) is 0 Å². The van der Waals surface area contributed by atoms with Gasteiger partial charge in [0.1, 0.15) is 16.8 Å². The predicted molar refractivity (Wildman–Crippen MR) is 138 cm³/mol. The van der Waals surface area contributed by atoms with Gasteiger partial charge >= 0.3 is 0 Å². The van der Waals surface area contributed by atoms with Crippen LogP contribution in [0.3, 0.4) is 0 Å². The van der Waals surface area contributed by atoms with Gasteiger partial charge in [0.05, 0.1) is 12.8 Å². The third-order valence-corrected chi connectivity index (χ3v) is 6.82. The highest BCUT2D eigenvalue weighted by molar-refractivity contribution is 8.15. The lowest BCUT2D eigenvalue weighted by Gasteiger charge is -2.32. The van der Waals surface area contributed by atoms with Crippen molar-refractivity contribution < 1.29 is 18.7 Å². The van der Waals surface area contributed by atoms with Gasteiger partial charge in [0.2, 0.25) is 11.8 Å². The lowest BCUT2D eigenvalue weighted by atomic mass is 10.1. The number of methoxy groups -OCH3 is 1. The maximum Gasteiger partial charge on any atom is 0.238 e. The maximum atomic E-state index is 13.2. The molecule has 3 aromatic carbocycles. The normalized spacial score (nSPS) is 16.9. The fourth-order valence-corrected chi connectivity index (χ4v) is 4.73. The molecule has 9 heteroatoms. The summed E-state index contributed by atoms with van der Waals surface area (Å²) in [5.41, 5.74) is 2.13.